The van der Waals surface area contributed by atoms with Crippen LogP contribution in [0.4, 0.5) is 37.8 Å². The number of halogens is 6. The Morgan fingerprint density at radius 3 is 2.11 bits per heavy atom. The quantitative estimate of drug-likeness (QED) is 0.474. The molecule has 0 amide bonds. The van der Waals surface area contributed by atoms with Gasteiger partial charge in [0.1, 0.15) is 16.8 Å². The average molecular weight is 522 g/mol. The Balaban J connectivity index is 1.89. The second-order valence-electron chi connectivity index (χ2n) is 7.64. The standard InChI is InChI=1S/C21H20F6N4O3S/c1-2-3-16-13-30(35(33,34)17-8-9-18(28)29-12-17)10-11-31(16)15-6-4-14(5-7-15)19(32,20(22,23)24)21(25,26)27/h4-9,12,16,32H,10-11,13H2,1H3,(H2,28,29)/t16-/m0/s1. The van der Waals surface area contributed by atoms with Gasteiger partial charge in [-0.25, -0.2) is 13.4 Å². The van der Waals surface area contributed by atoms with E-state index >= 15 is 0 Å². The number of hydrogen-bond donors (Lipinski definition) is 2. The van der Waals surface area contributed by atoms with Gasteiger partial charge in [0.25, 0.3) is 5.60 Å². The predicted molar refractivity (Wildman–Crippen MR) is 114 cm³/mol. The highest BCUT2D eigenvalue weighted by Crippen LogP contribution is 2.50. The van der Waals surface area contributed by atoms with Gasteiger partial charge in [-0.05, 0) is 31.2 Å². The largest absolute Gasteiger partial charge is 0.430 e. The molecule has 7 nitrogen and oxygen atoms in total. The number of piperazine rings is 1. The highest BCUT2D eigenvalue weighted by molar-refractivity contribution is 7.89. The van der Waals surface area contributed by atoms with Crippen LogP contribution >= 0.6 is 0 Å². The molecule has 0 aliphatic carbocycles. The first kappa shape index (κ1) is 26.6. The van der Waals surface area contributed by atoms with Gasteiger partial charge in [0.05, 0.1) is 0 Å². The zero-order valence-corrected chi connectivity index (χ0v) is 18.9. The molecule has 0 unspecified atom stereocenters. The van der Waals surface area contributed by atoms with Gasteiger partial charge in [-0.3, -0.25) is 0 Å². The molecule has 14 heteroatoms. The summed E-state index contributed by atoms with van der Waals surface area (Å²) in [6.45, 7) is 1.39. The summed E-state index contributed by atoms with van der Waals surface area (Å²) in [5.74, 6) is 5.60. The lowest BCUT2D eigenvalue weighted by Gasteiger charge is -2.40. The second-order valence-corrected chi connectivity index (χ2v) is 9.58. The molecule has 0 radical (unpaired) electrons. The number of benzene rings is 1. The van der Waals surface area contributed by atoms with E-state index in [2.05, 4.69) is 16.8 Å². The molecule has 35 heavy (non-hydrogen) atoms. The Bertz CT molecular complexity index is 1210. The summed E-state index contributed by atoms with van der Waals surface area (Å²) in [6.07, 6.45) is -10.9. The minimum Gasteiger partial charge on any atom is -0.384 e. The van der Waals surface area contributed by atoms with Gasteiger partial charge in [0.2, 0.25) is 10.0 Å². The van der Waals surface area contributed by atoms with Gasteiger partial charge in [0.15, 0.2) is 0 Å². The number of aliphatic hydroxyl groups is 1. The molecule has 1 aromatic carbocycles. The lowest BCUT2D eigenvalue weighted by Crippen LogP contribution is -2.55. The number of alkyl halides is 6. The number of aromatic nitrogens is 1. The Morgan fingerprint density at radius 2 is 1.63 bits per heavy atom. The van der Waals surface area contributed by atoms with E-state index in [1.807, 2.05) is 0 Å². The molecule has 1 saturated heterocycles. The zero-order valence-electron chi connectivity index (χ0n) is 18.1. The maximum atomic E-state index is 13.1. The third-order valence-corrected chi connectivity index (χ3v) is 7.34. The van der Waals surface area contributed by atoms with Crippen LogP contribution in [-0.2, 0) is 15.6 Å². The van der Waals surface area contributed by atoms with Crippen molar-refractivity contribution in [3.63, 3.8) is 0 Å². The molecule has 3 N–H and O–H groups in total. The van der Waals surface area contributed by atoms with Gasteiger partial charge < -0.3 is 15.7 Å². The van der Waals surface area contributed by atoms with Gasteiger partial charge >= 0.3 is 12.4 Å². The van der Waals surface area contributed by atoms with Crippen molar-refractivity contribution in [1.29, 1.82) is 0 Å². The highest BCUT2D eigenvalue weighted by Gasteiger charge is 2.71. The van der Waals surface area contributed by atoms with E-state index in [0.717, 1.165) is 22.6 Å². The number of nitrogens with zero attached hydrogens (tertiary/aromatic N) is 3. The Labute approximate surface area is 197 Å². The predicted octanol–water partition coefficient (Wildman–Crippen LogP) is 2.88. The van der Waals surface area contributed by atoms with Crippen molar-refractivity contribution in [2.24, 2.45) is 0 Å². The normalized spacial score (nSPS) is 18.2. The molecule has 3 rings (SSSR count). The Hall–Kier alpha value is -3.02. The number of hydrogen-bond acceptors (Lipinski definition) is 6. The number of sulfonamides is 1. The van der Waals surface area contributed by atoms with Crippen LogP contribution in [0.25, 0.3) is 0 Å². The number of rotatable bonds is 4. The van der Waals surface area contributed by atoms with E-state index in [1.165, 1.54) is 19.1 Å². The first-order chi connectivity index (χ1) is 16.1. The van der Waals surface area contributed by atoms with Crippen LogP contribution in [0.5, 0.6) is 0 Å². The molecule has 2 heterocycles. The maximum Gasteiger partial charge on any atom is 0.430 e. The first-order valence-electron chi connectivity index (χ1n) is 10.00. The number of nitrogens with two attached hydrogens (primary N) is 1. The van der Waals surface area contributed by atoms with Crippen molar-refractivity contribution < 1.29 is 39.9 Å². The average Bonchev–Trinajstić information content (AvgIpc) is 2.77. The van der Waals surface area contributed by atoms with Crippen molar-refractivity contribution in [2.45, 2.75) is 35.8 Å². The third-order valence-electron chi connectivity index (χ3n) is 5.49. The molecule has 0 spiro atoms. The molecular weight excluding hydrogens is 502 g/mol. The summed E-state index contributed by atoms with van der Waals surface area (Å²) >= 11 is 0. The molecule has 1 fully saturated rings. The number of anilines is 2. The van der Waals surface area contributed by atoms with E-state index in [-0.39, 0.29) is 36.0 Å². The van der Waals surface area contributed by atoms with Crippen molar-refractivity contribution in [2.75, 3.05) is 30.3 Å². The van der Waals surface area contributed by atoms with Crippen molar-refractivity contribution in [3.8, 4) is 11.8 Å². The summed E-state index contributed by atoms with van der Waals surface area (Å²) in [6, 6.07) is 4.95. The molecule has 1 aromatic heterocycles. The molecule has 190 valence electrons. The number of nitrogen functional groups attached to an aromatic ring is 1. The van der Waals surface area contributed by atoms with E-state index in [9.17, 15) is 39.9 Å². The fourth-order valence-corrected chi connectivity index (χ4v) is 5.03. The van der Waals surface area contributed by atoms with Crippen LogP contribution in [0.1, 0.15) is 12.5 Å². The van der Waals surface area contributed by atoms with Crippen LogP contribution in [0.2, 0.25) is 0 Å². The minimum atomic E-state index is -6.00. The summed E-state index contributed by atoms with van der Waals surface area (Å²) in [5.41, 5.74) is -0.732. The van der Waals surface area contributed by atoms with E-state index in [1.54, 1.807) is 4.90 Å². The SMILES string of the molecule is CC#C[C@H]1CN(S(=O)(=O)c2ccc(N)nc2)CCN1c1ccc(C(O)(C(F)(F)F)C(F)(F)F)cc1. The monoisotopic (exact) mass is 522 g/mol. The smallest absolute Gasteiger partial charge is 0.384 e. The zero-order chi connectivity index (χ0) is 26.2. The highest BCUT2D eigenvalue weighted by atomic mass is 32.2. The van der Waals surface area contributed by atoms with Crippen molar-refractivity contribution in [1.82, 2.24) is 9.29 Å². The molecular formula is C21H20F6N4O3S. The van der Waals surface area contributed by atoms with Gasteiger partial charge in [0, 0.05) is 37.1 Å². The molecule has 1 atom stereocenters. The van der Waals surface area contributed by atoms with E-state index in [0.29, 0.717) is 12.1 Å². The van der Waals surface area contributed by atoms with Crippen LogP contribution in [0.3, 0.4) is 0 Å². The van der Waals surface area contributed by atoms with Crippen LogP contribution in [0.15, 0.2) is 47.5 Å². The van der Waals surface area contributed by atoms with Crippen molar-refractivity contribution >= 4 is 21.5 Å². The lowest BCUT2D eigenvalue weighted by atomic mass is 9.92. The van der Waals surface area contributed by atoms with Gasteiger partial charge in [-0.15, -0.1) is 5.92 Å². The first-order valence-corrected chi connectivity index (χ1v) is 11.4. The Morgan fingerprint density at radius 1 is 1.03 bits per heavy atom. The molecule has 1 aliphatic heterocycles. The molecule has 0 bridgehead atoms. The van der Waals surface area contributed by atoms with Crippen LogP contribution in [0, 0.1) is 11.8 Å². The molecule has 1 aliphatic rings. The van der Waals surface area contributed by atoms with E-state index < -0.39 is 39.6 Å². The number of pyridine rings is 1. The van der Waals surface area contributed by atoms with Crippen LogP contribution < -0.4 is 10.6 Å². The minimum absolute atomic E-state index is 0.0363. The maximum absolute atomic E-state index is 13.1. The molecule has 0 saturated carbocycles. The van der Waals surface area contributed by atoms with Gasteiger partial charge in [-0.1, -0.05) is 18.1 Å². The van der Waals surface area contributed by atoms with Gasteiger partial charge in [-0.2, -0.15) is 30.6 Å². The van der Waals surface area contributed by atoms with E-state index in [4.69, 9.17) is 5.73 Å². The topological polar surface area (TPSA) is 99.8 Å². The Kier molecular flexibility index (Phi) is 7.00. The third kappa shape index (κ3) is 4.89. The summed E-state index contributed by atoms with van der Waals surface area (Å²) in [7, 11) is -3.96. The fourth-order valence-electron chi connectivity index (χ4n) is 3.65. The summed E-state index contributed by atoms with van der Waals surface area (Å²) in [4.78, 5) is 5.25. The molecule has 2 aromatic rings. The summed E-state index contributed by atoms with van der Waals surface area (Å²) < 4.78 is 106. The van der Waals surface area contributed by atoms with Crippen molar-refractivity contribution in [3.05, 3.63) is 48.2 Å². The summed E-state index contributed by atoms with van der Waals surface area (Å²) in [5, 5.41) is 9.57. The second kappa shape index (κ2) is 9.21. The lowest BCUT2D eigenvalue weighted by molar-refractivity contribution is -0.376. The van der Waals surface area contributed by atoms with Crippen LogP contribution in [-0.4, -0.2) is 60.8 Å². The fraction of sp³-hybridized carbons (Fsp3) is 0.381.